The minimum Gasteiger partial charge on any atom is -0.393 e. The maximum atomic E-state index is 12.6. The van der Waals surface area contributed by atoms with E-state index in [1.165, 1.54) is 19.3 Å². The molecule has 1 amide bonds. The molecule has 0 radical (unpaired) electrons. The summed E-state index contributed by atoms with van der Waals surface area (Å²) < 4.78 is 0. The zero-order valence-electron chi connectivity index (χ0n) is 11.7. The molecule has 18 heavy (non-hydrogen) atoms. The first-order valence-corrected chi connectivity index (χ1v) is 7.55. The lowest BCUT2D eigenvalue weighted by molar-refractivity contribution is -0.138. The highest BCUT2D eigenvalue weighted by Crippen LogP contribution is 2.26. The fraction of sp³-hybridized carbons (Fsp3) is 0.857. The summed E-state index contributed by atoms with van der Waals surface area (Å²) in [5.41, 5.74) is 5.55. The quantitative estimate of drug-likeness (QED) is 0.755. The van der Waals surface area contributed by atoms with Crippen LogP contribution in [0.5, 0.6) is 0 Å². The second-order valence-electron chi connectivity index (χ2n) is 5.34. The summed E-state index contributed by atoms with van der Waals surface area (Å²) in [6.45, 7) is 4.91. The van der Waals surface area contributed by atoms with Crippen molar-refractivity contribution in [3.63, 3.8) is 0 Å². The Morgan fingerprint density at radius 1 is 1.39 bits per heavy atom. The fourth-order valence-electron chi connectivity index (χ4n) is 2.58. The van der Waals surface area contributed by atoms with Crippen LogP contribution >= 0.6 is 12.2 Å². The Morgan fingerprint density at radius 2 is 2.00 bits per heavy atom. The van der Waals surface area contributed by atoms with E-state index in [-0.39, 0.29) is 12.0 Å². The van der Waals surface area contributed by atoms with Crippen molar-refractivity contribution < 1.29 is 4.79 Å². The summed E-state index contributed by atoms with van der Waals surface area (Å²) in [4.78, 5) is 15.0. The van der Waals surface area contributed by atoms with Crippen LogP contribution in [0.2, 0.25) is 0 Å². The van der Waals surface area contributed by atoms with Crippen molar-refractivity contribution in [2.75, 3.05) is 6.54 Å². The Hall–Kier alpha value is -0.640. The number of carbonyl (C=O) groups excluding carboxylic acids is 1. The minimum absolute atomic E-state index is 0.235. The summed E-state index contributed by atoms with van der Waals surface area (Å²) in [7, 11) is 0. The monoisotopic (exact) mass is 270 g/mol. The molecule has 1 saturated carbocycles. The van der Waals surface area contributed by atoms with Gasteiger partial charge >= 0.3 is 0 Å². The second kappa shape index (κ2) is 7.72. The van der Waals surface area contributed by atoms with Gasteiger partial charge in [-0.05, 0) is 26.2 Å². The van der Waals surface area contributed by atoms with Crippen LogP contribution in [0.3, 0.4) is 0 Å². The van der Waals surface area contributed by atoms with E-state index >= 15 is 0 Å². The van der Waals surface area contributed by atoms with E-state index in [0.29, 0.717) is 23.9 Å². The molecule has 1 unspecified atom stereocenters. The first-order valence-electron chi connectivity index (χ1n) is 7.15. The highest BCUT2D eigenvalue weighted by molar-refractivity contribution is 7.80. The molecule has 0 saturated heterocycles. The number of rotatable bonds is 6. The first-order chi connectivity index (χ1) is 8.56. The molecule has 0 aromatic heterocycles. The van der Waals surface area contributed by atoms with Gasteiger partial charge in [-0.3, -0.25) is 4.79 Å². The summed E-state index contributed by atoms with van der Waals surface area (Å²) in [6, 6.07) is 0.286. The first kappa shape index (κ1) is 15.4. The number of thiocarbonyl (C=S) groups is 1. The number of amides is 1. The van der Waals surface area contributed by atoms with Gasteiger partial charge in [0.25, 0.3) is 0 Å². The zero-order chi connectivity index (χ0) is 13.5. The van der Waals surface area contributed by atoms with Gasteiger partial charge in [0.1, 0.15) is 0 Å². The number of nitrogens with zero attached hydrogens (tertiary/aromatic N) is 1. The lowest BCUT2D eigenvalue weighted by Gasteiger charge is -2.33. The van der Waals surface area contributed by atoms with Crippen LogP contribution < -0.4 is 5.73 Å². The second-order valence-corrected chi connectivity index (χ2v) is 5.86. The Labute approximate surface area is 116 Å². The molecule has 0 bridgehead atoms. The van der Waals surface area contributed by atoms with Gasteiger partial charge in [-0.1, -0.05) is 38.4 Å². The predicted molar refractivity (Wildman–Crippen MR) is 79.4 cm³/mol. The van der Waals surface area contributed by atoms with E-state index in [1.807, 2.05) is 4.90 Å². The van der Waals surface area contributed by atoms with Crippen molar-refractivity contribution in [2.45, 2.75) is 64.8 Å². The Kier molecular flexibility index (Phi) is 6.61. The molecule has 1 aliphatic rings. The van der Waals surface area contributed by atoms with Crippen LogP contribution in [-0.2, 0) is 4.79 Å². The molecular formula is C14H26N2OS. The van der Waals surface area contributed by atoms with Gasteiger partial charge in [0.15, 0.2) is 0 Å². The van der Waals surface area contributed by atoms with Crippen molar-refractivity contribution in [3.05, 3.63) is 0 Å². The van der Waals surface area contributed by atoms with Crippen LogP contribution in [0.4, 0.5) is 0 Å². The van der Waals surface area contributed by atoms with Gasteiger partial charge in [0.2, 0.25) is 5.91 Å². The van der Waals surface area contributed by atoms with Crippen molar-refractivity contribution in [3.8, 4) is 0 Å². The molecule has 104 valence electrons. The SMILES string of the molecule is CCC(C)N(CCC(N)=S)C(=O)C1CCCCC1. The Morgan fingerprint density at radius 3 is 2.50 bits per heavy atom. The summed E-state index contributed by atoms with van der Waals surface area (Å²) >= 11 is 4.92. The minimum atomic E-state index is 0.235. The lowest BCUT2D eigenvalue weighted by Crippen LogP contribution is -2.43. The van der Waals surface area contributed by atoms with Crippen molar-refractivity contribution in [1.29, 1.82) is 0 Å². The Balaban J connectivity index is 2.61. The molecule has 2 N–H and O–H groups in total. The average Bonchev–Trinajstić information content (AvgIpc) is 2.39. The van der Waals surface area contributed by atoms with E-state index < -0.39 is 0 Å². The maximum Gasteiger partial charge on any atom is 0.225 e. The van der Waals surface area contributed by atoms with Crippen LogP contribution in [0.1, 0.15) is 58.8 Å². The third kappa shape index (κ3) is 4.56. The molecule has 3 nitrogen and oxygen atoms in total. The van der Waals surface area contributed by atoms with Gasteiger partial charge < -0.3 is 10.6 Å². The van der Waals surface area contributed by atoms with Gasteiger partial charge in [0, 0.05) is 24.9 Å². The smallest absolute Gasteiger partial charge is 0.225 e. The lowest BCUT2D eigenvalue weighted by atomic mass is 9.88. The highest BCUT2D eigenvalue weighted by Gasteiger charge is 2.27. The van der Waals surface area contributed by atoms with Gasteiger partial charge in [0.05, 0.1) is 4.99 Å². The molecule has 4 heteroatoms. The molecule has 1 rings (SSSR count). The van der Waals surface area contributed by atoms with E-state index in [1.54, 1.807) is 0 Å². The molecule has 0 aliphatic heterocycles. The van der Waals surface area contributed by atoms with Gasteiger partial charge in [-0.25, -0.2) is 0 Å². The summed E-state index contributed by atoms with van der Waals surface area (Å²) in [5, 5.41) is 0. The molecule has 1 fully saturated rings. The Bertz CT molecular complexity index is 288. The number of nitrogens with two attached hydrogens (primary N) is 1. The number of hydrogen-bond acceptors (Lipinski definition) is 2. The largest absolute Gasteiger partial charge is 0.393 e. The summed E-state index contributed by atoms with van der Waals surface area (Å²) in [6.07, 6.45) is 7.39. The normalized spacial score (nSPS) is 18.3. The number of hydrogen-bond donors (Lipinski definition) is 1. The van der Waals surface area contributed by atoms with Crippen LogP contribution in [-0.4, -0.2) is 28.4 Å². The van der Waals surface area contributed by atoms with Gasteiger partial charge in [-0.15, -0.1) is 0 Å². The molecule has 0 aromatic carbocycles. The van der Waals surface area contributed by atoms with Crippen LogP contribution in [0.15, 0.2) is 0 Å². The van der Waals surface area contributed by atoms with E-state index in [4.69, 9.17) is 18.0 Å². The van der Waals surface area contributed by atoms with Crippen LogP contribution in [0.25, 0.3) is 0 Å². The molecular weight excluding hydrogens is 244 g/mol. The van der Waals surface area contributed by atoms with Crippen LogP contribution in [0, 0.1) is 5.92 Å². The van der Waals surface area contributed by atoms with E-state index in [2.05, 4.69) is 13.8 Å². The maximum absolute atomic E-state index is 12.6. The fourth-order valence-corrected chi connectivity index (χ4v) is 2.67. The third-order valence-electron chi connectivity index (χ3n) is 3.96. The standard InChI is InChI=1S/C14H26N2OS/c1-3-11(2)16(10-9-13(15)18)14(17)12-7-5-4-6-8-12/h11-12H,3-10H2,1-2H3,(H2,15,18). The third-order valence-corrected chi connectivity index (χ3v) is 4.16. The van der Waals surface area contributed by atoms with E-state index in [0.717, 1.165) is 19.3 Å². The van der Waals surface area contributed by atoms with Crippen molar-refractivity contribution in [1.82, 2.24) is 4.90 Å². The molecule has 0 spiro atoms. The predicted octanol–water partition coefficient (Wildman–Crippen LogP) is 2.87. The van der Waals surface area contributed by atoms with Crippen molar-refractivity contribution >= 4 is 23.1 Å². The van der Waals surface area contributed by atoms with Gasteiger partial charge in [-0.2, -0.15) is 0 Å². The highest BCUT2D eigenvalue weighted by atomic mass is 32.1. The van der Waals surface area contributed by atoms with E-state index in [9.17, 15) is 4.79 Å². The molecule has 0 aromatic rings. The summed E-state index contributed by atoms with van der Waals surface area (Å²) in [5.74, 6) is 0.555. The average molecular weight is 270 g/mol. The topological polar surface area (TPSA) is 46.3 Å². The molecule has 0 heterocycles. The molecule has 1 atom stereocenters. The zero-order valence-corrected chi connectivity index (χ0v) is 12.5. The number of carbonyl (C=O) groups is 1. The molecule has 1 aliphatic carbocycles. The van der Waals surface area contributed by atoms with Crippen molar-refractivity contribution in [2.24, 2.45) is 11.7 Å².